The maximum absolute atomic E-state index is 10.6. The van der Waals surface area contributed by atoms with Crippen LogP contribution in [0.3, 0.4) is 0 Å². The Morgan fingerprint density at radius 3 is 2.62 bits per heavy atom. The van der Waals surface area contributed by atoms with Gasteiger partial charge in [0.15, 0.2) is 0 Å². The number of hydrogen-bond donors (Lipinski definition) is 1. The van der Waals surface area contributed by atoms with Crippen molar-refractivity contribution in [2.24, 2.45) is 5.92 Å². The van der Waals surface area contributed by atoms with Gasteiger partial charge in [-0.2, -0.15) is 0 Å². The maximum Gasteiger partial charge on any atom is 0.303 e. The molecule has 2 atom stereocenters. The van der Waals surface area contributed by atoms with Crippen molar-refractivity contribution >= 4 is 5.97 Å². The molecular formula is C12H24N2O2. The fourth-order valence-corrected chi connectivity index (χ4v) is 2.64. The third-order valence-corrected chi connectivity index (χ3v) is 3.31. The lowest BCUT2D eigenvalue weighted by molar-refractivity contribution is -0.137. The highest BCUT2D eigenvalue weighted by Gasteiger charge is 2.25. The zero-order chi connectivity index (χ0) is 12.1. The number of hydrogen-bond acceptors (Lipinski definition) is 3. The van der Waals surface area contributed by atoms with Gasteiger partial charge in [0.25, 0.3) is 0 Å². The summed E-state index contributed by atoms with van der Waals surface area (Å²) in [5.41, 5.74) is 0. The van der Waals surface area contributed by atoms with E-state index in [-0.39, 0.29) is 6.42 Å². The molecular weight excluding hydrogens is 204 g/mol. The minimum Gasteiger partial charge on any atom is -0.481 e. The van der Waals surface area contributed by atoms with Crippen molar-refractivity contribution in [3.05, 3.63) is 0 Å². The Morgan fingerprint density at radius 2 is 2.06 bits per heavy atom. The quantitative estimate of drug-likeness (QED) is 0.783. The largest absolute Gasteiger partial charge is 0.481 e. The van der Waals surface area contributed by atoms with E-state index >= 15 is 0 Å². The van der Waals surface area contributed by atoms with Gasteiger partial charge in [0.05, 0.1) is 0 Å². The van der Waals surface area contributed by atoms with Crippen LogP contribution in [0.2, 0.25) is 0 Å². The summed E-state index contributed by atoms with van der Waals surface area (Å²) in [6.07, 6.45) is 1.05. The molecule has 0 aromatic rings. The average molecular weight is 228 g/mol. The first-order chi connectivity index (χ1) is 7.52. The van der Waals surface area contributed by atoms with Crippen molar-refractivity contribution < 1.29 is 9.90 Å². The lowest BCUT2D eigenvalue weighted by Gasteiger charge is -2.29. The molecule has 94 valence electrons. The normalized spacial score (nSPS) is 28.9. The second kappa shape index (κ2) is 6.21. The van der Waals surface area contributed by atoms with Gasteiger partial charge < -0.3 is 10.0 Å². The summed E-state index contributed by atoms with van der Waals surface area (Å²) >= 11 is 0. The Kier molecular flexibility index (Phi) is 5.22. The highest BCUT2D eigenvalue weighted by molar-refractivity contribution is 5.66. The van der Waals surface area contributed by atoms with Crippen LogP contribution < -0.4 is 0 Å². The van der Waals surface area contributed by atoms with Crippen molar-refractivity contribution in [3.8, 4) is 0 Å². The first kappa shape index (κ1) is 13.5. The van der Waals surface area contributed by atoms with Crippen molar-refractivity contribution in [1.29, 1.82) is 0 Å². The van der Waals surface area contributed by atoms with Crippen LogP contribution in [0.5, 0.6) is 0 Å². The first-order valence-electron chi connectivity index (χ1n) is 6.17. The third kappa shape index (κ3) is 4.10. The summed E-state index contributed by atoms with van der Waals surface area (Å²) in [6.45, 7) is 8.63. The number of rotatable bonds is 4. The van der Waals surface area contributed by atoms with E-state index < -0.39 is 5.97 Å². The average Bonchev–Trinajstić information content (AvgIpc) is 2.33. The number of carboxylic acids is 1. The van der Waals surface area contributed by atoms with Gasteiger partial charge in [-0.1, -0.05) is 13.8 Å². The molecule has 1 aliphatic rings. The van der Waals surface area contributed by atoms with Gasteiger partial charge in [0, 0.05) is 32.1 Å². The number of nitrogens with zero attached hydrogens (tertiary/aromatic N) is 2. The molecule has 1 rings (SSSR count). The van der Waals surface area contributed by atoms with E-state index in [0.717, 1.165) is 32.6 Å². The van der Waals surface area contributed by atoms with E-state index in [9.17, 15) is 4.79 Å². The molecule has 0 aromatic heterocycles. The predicted molar refractivity (Wildman–Crippen MR) is 64.6 cm³/mol. The van der Waals surface area contributed by atoms with Gasteiger partial charge in [0.2, 0.25) is 0 Å². The summed E-state index contributed by atoms with van der Waals surface area (Å²) in [5.74, 6) is -0.0178. The summed E-state index contributed by atoms with van der Waals surface area (Å²) in [5, 5.41) is 8.76. The minimum absolute atomic E-state index is 0.281. The lowest BCUT2D eigenvalue weighted by atomic mass is 10.1. The molecule has 0 radical (unpaired) electrons. The number of likely N-dealkylation sites (N-methyl/N-ethyl adjacent to an activating group) is 2. The Bertz CT molecular complexity index is 233. The zero-order valence-electron chi connectivity index (χ0n) is 10.6. The van der Waals surface area contributed by atoms with Gasteiger partial charge in [0.1, 0.15) is 0 Å². The van der Waals surface area contributed by atoms with Crippen LogP contribution in [0.4, 0.5) is 0 Å². The summed E-state index contributed by atoms with van der Waals surface area (Å²) in [4.78, 5) is 15.4. The highest BCUT2D eigenvalue weighted by atomic mass is 16.4. The number of aliphatic carboxylic acids is 1. The van der Waals surface area contributed by atoms with Crippen molar-refractivity contribution in [2.45, 2.75) is 32.7 Å². The molecule has 2 unspecified atom stereocenters. The molecule has 4 heteroatoms. The van der Waals surface area contributed by atoms with Gasteiger partial charge in [-0.3, -0.25) is 9.69 Å². The van der Waals surface area contributed by atoms with E-state index in [1.807, 2.05) is 0 Å². The van der Waals surface area contributed by atoms with E-state index in [4.69, 9.17) is 5.11 Å². The summed E-state index contributed by atoms with van der Waals surface area (Å²) in [6, 6.07) is 0.399. The maximum atomic E-state index is 10.6. The SMILES string of the molecule is CCN1CC(C)CN(C)CC1CCC(=O)O. The molecule has 1 saturated heterocycles. The van der Waals surface area contributed by atoms with Gasteiger partial charge >= 0.3 is 5.97 Å². The molecule has 1 aliphatic heterocycles. The fraction of sp³-hybridized carbons (Fsp3) is 0.917. The molecule has 1 heterocycles. The summed E-state index contributed by atoms with van der Waals surface area (Å²) < 4.78 is 0. The van der Waals surface area contributed by atoms with Gasteiger partial charge in [-0.25, -0.2) is 0 Å². The lowest BCUT2D eigenvalue weighted by Crippen LogP contribution is -2.40. The van der Waals surface area contributed by atoms with Crippen LogP contribution in [0.1, 0.15) is 26.7 Å². The van der Waals surface area contributed by atoms with Crippen LogP contribution in [-0.2, 0) is 4.79 Å². The van der Waals surface area contributed by atoms with E-state index in [2.05, 4.69) is 30.7 Å². The molecule has 0 amide bonds. The molecule has 4 nitrogen and oxygen atoms in total. The van der Waals surface area contributed by atoms with E-state index in [1.165, 1.54) is 0 Å². The Hall–Kier alpha value is -0.610. The highest BCUT2D eigenvalue weighted by Crippen LogP contribution is 2.16. The molecule has 0 saturated carbocycles. The molecule has 1 N–H and O–H groups in total. The monoisotopic (exact) mass is 228 g/mol. The Morgan fingerprint density at radius 1 is 1.38 bits per heavy atom. The smallest absolute Gasteiger partial charge is 0.303 e. The Labute approximate surface area is 98.2 Å². The van der Waals surface area contributed by atoms with Gasteiger partial charge in [-0.05, 0) is 25.9 Å². The van der Waals surface area contributed by atoms with Crippen LogP contribution in [0.25, 0.3) is 0 Å². The van der Waals surface area contributed by atoms with Crippen molar-refractivity contribution in [3.63, 3.8) is 0 Å². The number of carbonyl (C=O) groups is 1. The molecule has 0 bridgehead atoms. The number of carboxylic acid groups (broad SMARTS) is 1. The van der Waals surface area contributed by atoms with E-state index in [0.29, 0.717) is 12.0 Å². The zero-order valence-corrected chi connectivity index (χ0v) is 10.6. The predicted octanol–water partition coefficient (Wildman–Crippen LogP) is 1.12. The Balaban J connectivity index is 2.58. The fourth-order valence-electron chi connectivity index (χ4n) is 2.64. The van der Waals surface area contributed by atoms with Crippen LogP contribution >= 0.6 is 0 Å². The topological polar surface area (TPSA) is 43.8 Å². The molecule has 1 fully saturated rings. The van der Waals surface area contributed by atoms with Crippen molar-refractivity contribution in [2.75, 3.05) is 33.2 Å². The standard InChI is InChI=1S/C12H24N2O2/c1-4-14-8-10(2)7-13(3)9-11(14)5-6-12(15)16/h10-11H,4-9H2,1-3H3,(H,15,16). The van der Waals surface area contributed by atoms with Crippen LogP contribution in [0.15, 0.2) is 0 Å². The molecule has 0 aliphatic carbocycles. The molecule has 16 heavy (non-hydrogen) atoms. The third-order valence-electron chi connectivity index (χ3n) is 3.31. The van der Waals surface area contributed by atoms with Crippen LogP contribution in [0, 0.1) is 5.92 Å². The van der Waals surface area contributed by atoms with Crippen molar-refractivity contribution in [1.82, 2.24) is 9.80 Å². The second-order valence-electron chi connectivity index (χ2n) is 5.00. The van der Waals surface area contributed by atoms with E-state index in [1.54, 1.807) is 0 Å². The summed E-state index contributed by atoms with van der Waals surface area (Å²) in [7, 11) is 2.13. The first-order valence-corrected chi connectivity index (χ1v) is 6.17. The second-order valence-corrected chi connectivity index (χ2v) is 5.00. The van der Waals surface area contributed by atoms with Crippen LogP contribution in [-0.4, -0.2) is 60.1 Å². The molecule has 0 spiro atoms. The minimum atomic E-state index is -0.684. The molecule has 0 aromatic carbocycles. The van der Waals surface area contributed by atoms with Gasteiger partial charge in [-0.15, -0.1) is 0 Å².